The minimum atomic E-state index is 0.220. The molecule has 6 heteroatoms. The van der Waals surface area contributed by atoms with E-state index in [0.717, 1.165) is 28.8 Å². The Morgan fingerprint density at radius 2 is 2.26 bits per heavy atom. The summed E-state index contributed by atoms with van der Waals surface area (Å²) in [6, 6.07) is 6.54. The van der Waals surface area contributed by atoms with Crippen LogP contribution in [-0.2, 0) is 4.79 Å². The second-order valence-corrected chi connectivity index (χ2v) is 6.56. The lowest BCUT2D eigenvalue weighted by molar-refractivity contribution is -0.132. The zero-order chi connectivity index (χ0) is 13.6. The van der Waals surface area contributed by atoms with Crippen LogP contribution in [0.4, 0.5) is 0 Å². The van der Waals surface area contributed by atoms with Crippen molar-refractivity contribution >= 4 is 51.7 Å². The first-order valence-corrected chi connectivity index (χ1v) is 7.68. The Bertz CT molecular complexity index is 705. The summed E-state index contributed by atoms with van der Waals surface area (Å²) in [5, 5.41) is 0. The van der Waals surface area contributed by atoms with Crippen LogP contribution in [0.2, 0.25) is 0 Å². The normalized spacial score (nSPS) is 20.2. The van der Waals surface area contributed by atoms with Gasteiger partial charge >= 0.3 is 0 Å². The zero-order valence-corrected chi connectivity index (χ0v) is 13.5. The molecule has 0 spiro atoms. The predicted molar refractivity (Wildman–Crippen MR) is 85.7 cm³/mol. The number of nitrogens with one attached hydrogen (secondary N) is 1. The Kier molecular flexibility index (Phi) is 3.38. The lowest BCUT2D eigenvalue weighted by Crippen LogP contribution is -2.37. The maximum Gasteiger partial charge on any atom is 0.222 e. The molecular formula is C13H14IN3OS. The van der Waals surface area contributed by atoms with E-state index in [1.807, 2.05) is 7.05 Å². The van der Waals surface area contributed by atoms with Crippen LogP contribution in [0.5, 0.6) is 0 Å². The lowest BCUT2D eigenvalue weighted by Gasteiger charge is -2.30. The number of aromatic nitrogens is 2. The van der Waals surface area contributed by atoms with E-state index in [1.54, 1.807) is 4.90 Å². The second-order valence-electron chi connectivity index (χ2n) is 4.93. The minimum absolute atomic E-state index is 0.220. The van der Waals surface area contributed by atoms with Gasteiger partial charge in [0.1, 0.15) is 0 Å². The SMILES string of the molecule is CN1CC(n2c(=S)[nH]c3cc(I)ccc32)CCC1=O. The van der Waals surface area contributed by atoms with Crippen molar-refractivity contribution in [3.05, 3.63) is 26.5 Å². The smallest absolute Gasteiger partial charge is 0.222 e. The number of aromatic amines is 1. The average molecular weight is 387 g/mol. The Morgan fingerprint density at radius 1 is 1.47 bits per heavy atom. The molecule has 0 bridgehead atoms. The maximum atomic E-state index is 11.6. The highest BCUT2D eigenvalue weighted by Gasteiger charge is 2.25. The summed E-state index contributed by atoms with van der Waals surface area (Å²) in [6.45, 7) is 0.728. The molecule has 1 aromatic carbocycles. The predicted octanol–water partition coefficient (Wildman–Crippen LogP) is 3.10. The molecule has 1 aliphatic rings. The van der Waals surface area contributed by atoms with Crippen LogP contribution in [-0.4, -0.2) is 34.0 Å². The number of likely N-dealkylation sites (N-methyl/N-ethyl adjacent to an activating group) is 1. The number of H-pyrrole nitrogens is 1. The number of rotatable bonds is 1. The van der Waals surface area contributed by atoms with E-state index >= 15 is 0 Å². The highest BCUT2D eigenvalue weighted by Crippen LogP contribution is 2.27. The van der Waals surface area contributed by atoms with Gasteiger partial charge in [-0.15, -0.1) is 0 Å². The molecule has 0 aliphatic carbocycles. The van der Waals surface area contributed by atoms with E-state index in [9.17, 15) is 4.79 Å². The molecule has 1 aromatic heterocycles. The van der Waals surface area contributed by atoms with Crippen molar-refractivity contribution in [3.8, 4) is 0 Å². The van der Waals surface area contributed by atoms with Crippen molar-refractivity contribution in [3.63, 3.8) is 0 Å². The van der Waals surface area contributed by atoms with Gasteiger partial charge in [-0.1, -0.05) is 0 Å². The third-order valence-corrected chi connectivity index (χ3v) is 4.62. The minimum Gasteiger partial charge on any atom is -0.344 e. The van der Waals surface area contributed by atoms with Crippen LogP contribution in [0.3, 0.4) is 0 Å². The van der Waals surface area contributed by atoms with Gasteiger partial charge in [0.2, 0.25) is 5.91 Å². The lowest BCUT2D eigenvalue weighted by atomic mass is 10.1. The van der Waals surface area contributed by atoms with Crippen LogP contribution < -0.4 is 0 Å². The molecular weight excluding hydrogens is 373 g/mol. The molecule has 1 saturated heterocycles. The van der Waals surface area contributed by atoms with E-state index in [1.165, 1.54) is 3.57 Å². The summed E-state index contributed by atoms with van der Waals surface area (Å²) >= 11 is 7.74. The standard InChI is InChI=1S/C13H14IN3OS/c1-16-7-9(3-5-12(16)18)17-11-4-2-8(14)6-10(11)15-13(17)19/h2,4,6,9H,3,5,7H2,1H3,(H,15,19). The molecule has 100 valence electrons. The third-order valence-electron chi connectivity index (χ3n) is 3.65. The quantitative estimate of drug-likeness (QED) is 0.604. The first kappa shape index (κ1) is 13.1. The number of hydrogen-bond donors (Lipinski definition) is 1. The molecule has 19 heavy (non-hydrogen) atoms. The number of likely N-dealkylation sites (tertiary alicyclic amines) is 1. The van der Waals surface area contributed by atoms with E-state index < -0.39 is 0 Å². The van der Waals surface area contributed by atoms with Crippen LogP contribution >= 0.6 is 34.8 Å². The Balaban J connectivity index is 2.08. The molecule has 1 fully saturated rings. The van der Waals surface area contributed by atoms with Crippen molar-refractivity contribution in [1.82, 2.24) is 14.5 Å². The van der Waals surface area contributed by atoms with Crippen LogP contribution in [0.25, 0.3) is 11.0 Å². The molecule has 1 unspecified atom stereocenters. The number of amides is 1. The van der Waals surface area contributed by atoms with Gasteiger partial charge in [-0.05, 0) is 59.4 Å². The number of carbonyl (C=O) groups excluding carboxylic acids is 1. The number of hydrogen-bond acceptors (Lipinski definition) is 2. The van der Waals surface area contributed by atoms with Crippen LogP contribution in [0.1, 0.15) is 18.9 Å². The van der Waals surface area contributed by atoms with E-state index in [4.69, 9.17) is 12.2 Å². The van der Waals surface area contributed by atoms with E-state index in [2.05, 4.69) is 50.3 Å². The fourth-order valence-electron chi connectivity index (χ4n) is 2.67. The summed E-state index contributed by atoms with van der Waals surface area (Å²) in [5.74, 6) is 0.220. The topological polar surface area (TPSA) is 41.0 Å². The molecule has 2 heterocycles. The number of carbonyl (C=O) groups is 1. The highest BCUT2D eigenvalue weighted by atomic mass is 127. The second kappa shape index (κ2) is 4.90. The number of nitrogens with zero attached hydrogens (tertiary/aromatic N) is 2. The van der Waals surface area contributed by atoms with Gasteiger partial charge in [0.05, 0.1) is 17.1 Å². The largest absolute Gasteiger partial charge is 0.344 e. The fraction of sp³-hybridized carbons (Fsp3) is 0.385. The summed E-state index contributed by atoms with van der Waals surface area (Å²) in [4.78, 5) is 16.6. The summed E-state index contributed by atoms with van der Waals surface area (Å²) in [7, 11) is 1.86. The van der Waals surface area contributed by atoms with Crippen LogP contribution in [0, 0.1) is 8.34 Å². The molecule has 1 amide bonds. The molecule has 0 radical (unpaired) electrons. The van der Waals surface area contributed by atoms with Gasteiger partial charge in [-0.2, -0.15) is 0 Å². The Labute approximate surface area is 129 Å². The molecule has 1 aliphatic heterocycles. The summed E-state index contributed by atoms with van der Waals surface area (Å²) in [5.41, 5.74) is 2.19. The first-order chi connectivity index (χ1) is 9.06. The van der Waals surface area contributed by atoms with Gasteiger partial charge < -0.3 is 14.5 Å². The maximum absolute atomic E-state index is 11.6. The highest BCUT2D eigenvalue weighted by molar-refractivity contribution is 14.1. The average Bonchev–Trinajstić information content (AvgIpc) is 2.68. The first-order valence-electron chi connectivity index (χ1n) is 6.20. The van der Waals surface area contributed by atoms with Gasteiger partial charge in [-0.25, -0.2) is 0 Å². The molecule has 2 aromatic rings. The van der Waals surface area contributed by atoms with Gasteiger partial charge in [0.15, 0.2) is 4.77 Å². The Morgan fingerprint density at radius 3 is 3.00 bits per heavy atom. The molecule has 3 rings (SSSR count). The number of halogens is 1. The summed E-state index contributed by atoms with van der Waals surface area (Å²) in [6.07, 6.45) is 1.45. The fourth-order valence-corrected chi connectivity index (χ4v) is 3.52. The molecule has 0 saturated carbocycles. The van der Waals surface area contributed by atoms with E-state index in [-0.39, 0.29) is 11.9 Å². The monoisotopic (exact) mass is 387 g/mol. The van der Waals surface area contributed by atoms with Crippen molar-refractivity contribution < 1.29 is 4.79 Å². The van der Waals surface area contributed by atoms with Crippen molar-refractivity contribution in [2.45, 2.75) is 18.9 Å². The van der Waals surface area contributed by atoms with Crippen molar-refractivity contribution in [1.29, 1.82) is 0 Å². The number of imidazole rings is 1. The van der Waals surface area contributed by atoms with Crippen LogP contribution in [0.15, 0.2) is 18.2 Å². The van der Waals surface area contributed by atoms with Gasteiger partial charge in [0.25, 0.3) is 0 Å². The zero-order valence-electron chi connectivity index (χ0n) is 10.5. The number of fused-ring (bicyclic) bond motifs is 1. The molecule has 4 nitrogen and oxygen atoms in total. The Hall–Kier alpha value is -0.890. The molecule has 1 atom stereocenters. The number of benzene rings is 1. The van der Waals surface area contributed by atoms with Gasteiger partial charge in [-0.3, -0.25) is 4.79 Å². The van der Waals surface area contributed by atoms with Crippen molar-refractivity contribution in [2.24, 2.45) is 0 Å². The molecule has 1 N–H and O–H groups in total. The number of piperidine rings is 1. The summed E-state index contributed by atoms with van der Waals surface area (Å²) < 4.78 is 4.08. The van der Waals surface area contributed by atoms with Gasteiger partial charge in [0, 0.05) is 23.6 Å². The van der Waals surface area contributed by atoms with E-state index in [0.29, 0.717) is 6.42 Å². The third kappa shape index (κ3) is 2.31. The van der Waals surface area contributed by atoms with Crippen molar-refractivity contribution in [2.75, 3.05) is 13.6 Å².